The van der Waals surface area contributed by atoms with Gasteiger partial charge in [0.15, 0.2) is 0 Å². The van der Waals surface area contributed by atoms with Crippen LogP contribution in [0.4, 0.5) is 0 Å². The average molecular weight is 271 g/mol. The predicted molar refractivity (Wildman–Crippen MR) is 86.3 cm³/mol. The summed E-state index contributed by atoms with van der Waals surface area (Å²) < 4.78 is 5.28. The number of hydrogen-bond acceptors (Lipinski definition) is 2. The van der Waals surface area contributed by atoms with Crippen LogP contribution in [0.15, 0.2) is 36.4 Å². The van der Waals surface area contributed by atoms with Crippen molar-refractivity contribution in [1.82, 2.24) is 5.32 Å². The van der Waals surface area contributed by atoms with Gasteiger partial charge in [0, 0.05) is 6.04 Å². The second-order valence-corrected chi connectivity index (χ2v) is 5.84. The van der Waals surface area contributed by atoms with Crippen molar-refractivity contribution in [1.29, 1.82) is 0 Å². The van der Waals surface area contributed by atoms with Crippen LogP contribution in [0.2, 0.25) is 0 Å². The standard InChI is InChI=1S/C18H25NO/c1-12(2)13(3)18(19-4)16-7-6-15-11-17(20-5)9-8-14(15)10-16/h6-13,18-19H,1-5H3. The first-order chi connectivity index (χ1) is 9.56. The largest absolute Gasteiger partial charge is 0.497 e. The molecule has 0 aromatic heterocycles. The zero-order chi connectivity index (χ0) is 14.7. The van der Waals surface area contributed by atoms with Gasteiger partial charge in [-0.25, -0.2) is 0 Å². The molecule has 0 aliphatic carbocycles. The minimum Gasteiger partial charge on any atom is -0.497 e. The molecule has 0 spiro atoms. The number of benzene rings is 2. The molecule has 0 aliphatic heterocycles. The molecule has 0 bridgehead atoms. The highest BCUT2D eigenvalue weighted by atomic mass is 16.5. The van der Waals surface area contributed by atoms with Gasteiger partial charge in [-0.2, -0.15) is 0 Å². The van der Waals surface area contributed by atoms with Crippen molar-refractivity contribution in [3.05, 3.63) is 42.0 Å². The van der Waals surface area contributed by atoms with Gasteiger partial charge in [0.05, 0.1) is 7.11 Å². The summed E-state index contributed by atoms with van der Waals surface area (Å²) in [7, 11) is 3.75. The molecule has 0 heterocycles. The van der Waals surface area contributed by atoms with Crippen molar-refractivity contribution in [2.45, 2.75) is 26.8 Å². The summed E-state index contributed by atoms with van der Waals surface area (Å²) in [4.78, 5) is 0. The van der Waals surface area contributed by atoms with Gasteiger partial charge in [0.1, 0.15) is 5.75 Å². The number of ether oxygens (including phenoxy) is 1. The lowest BCUT2D eigenvalue weighted by molar-refractivity contribution is 0.317. The van der Waals surface area contributed by atoms with Crippen molar-refractivity contribution in [2.75, 3.05) is 14.2 Å². The third-order valence-corrected chi connectivity index (χ3v) is 4.32. The molecular formula is C18H25NO. The Morgan fingerprint density at radius 1 is 0.950 bits per heavy atom. The topological polar surface area (TPSA) is 21.3 Å². The molecule has 2 aromatic carbocycles. The third-order valence-electron chi connectivity index (χ3n) is 4.32. The Morgan fingerprint density at radius 3 is 2.20 bits per heavy atom. The summed E-state index contributed by atoms with van der Waals surface area (Å²) in [6, 6.07) is 13.3. The number of nitrogens with one attached hydrogen (secondary N) is 1. The van der Waals surface area contributed by atoms with E-state index in [1.54, 1.807) is 7.11 Å². The number of methoxy groups -OCH3 is 1. The van der Waals surface area contributed by atoms with E-state index in [-0.39, 0.29) is 0 Å². The molecule has 0 saturated carbocycles. The van der Waals surface area contributed by atoms with E-state index in [9.17, 15) is 0 Å². The minimum atomic E-state index is 0.390. The minimum absolute atomic E-state index is 0.390. The van der Waals surface area contributed by atoms with E-state index in [0.717, 1.165) is 5.75 Å². The molecule has 2 atom stereocenters. The lowest BCUT2D eigenvalue weighted by atomic mass is 9.85. The second kappa shape index (κ2) is 6.27. The summed E-state index contributed by atoms with van der Waals surface area (Å²) in [5.41, 5.74) is 1.35. The van der Waals surface area contributed by atoms with Crippen LogP contribution in [0.25, 0.3) is 10.8 Å². The van der Waals surface area contributed by atoms with E-state index >= 15 is 0 Å². The summed E-state index contributed by atoms with van der Waals surface area (Å²) in [6.07, 6.45) is 0. The molecule has 0 amide bonds. The fraction of sp³-hybridized carbons (Fsp3) is 0.444. The fourth-order valence-electron chi connectivity index (χ4n) is 2.68. The van der Waals surface area contributed by atoms with Gasteiger partial charge in [0.2, 0.25) is 0 Å². The first-order valence-electron chi connectivity index (χ1n) is 7.31. The Hall–Kier alpha value is -1.54. The molecule has 108 valence electrons. The van der Waals surface area contributed by atoms with E-state index in [0.29, 0.717) is 17.9 Å². The van der Waals surface area contributed by atoms with E-state index in [4.69, 9.17) is 4.74 Å². The normalized spacial score (nSPS) is 14.5. The molecule has 2 nitrogen and oxygen atoms in total. The highest BCUT2D eigenvalue weighted by molar-refractivity contribution is 5.84. The van der Waals surface area contributed by atoms with Gasteiger partial charge < -0.3 is 10.1 Å². The molecule has 2 unspecified atom stereocenters. The van der Waals surface area contributed by atoms with Gasteiger partial charge in [-0.15, -0.1) is 0 Å². The van der Waals surface area contributed by atoms with Crippen LogP contribution in [0.3, 0.4) is 0 Å². The zero-order valence-electron chi connectivity index (χ0n) is 13.1. The molecule has 2 heteroatoms. The molecule has 2 aromatic rings. The van der Waals surface area contributed by atoms with E-state index in [1.165, 1.54) is 16.3 Å². The van der Waals surface area contributed by atoms with Crippen LogP contribution >= 0.6 is 0 Å². The Bertz CT molecular complexity index is 577. The fourth-order valence-corrected chi connectivity index (χ4v) is 2.68. The molecule has 0 radical (unpaired) electrons. The van der Waals surface area contributed by atoms with Crippen molar-refractivity contribution >= 4 is 10.8 Å². The molecule has 0 aliphatic rings. The van der Waals surface area contributed by atoms with Gasteiger partial charge in [0.25, 0.3) is 0 Å². The maximum Gasteiger partial charge on any atom is 0.119 e. The zero-order valence-corrected chi connectivity index (χ0v) is 13.1. The van der Waals surface area contributed by atoms with Gasteiger partial charge in [-0.05, 0) is 53.4 Å². The van der Waals surface area contributed by atoms with Gasteiger partial charge >= 0.3 is 0 Å². The second-order valence-electron chi connectivity index (χ2n) is 5.84. The quantitative estimate of drug-likeness (QED) is 0.870. The summed E-state index contributed by atoms with van der Waals surface area (Å²) in [6.45, 7) is 6.87. The first-order valence-corrected chi connectivity index (χ1v) is 7.31. The Morgan fingerprint density at radius 2 is 1.60 bits per heavy atom. The molecule has 20 heavy (non-hydrogen) atoms. The Kier molecular flexibility index (Phi) is 4.66. The number of fused-ring (bicyclic) bond motifs is 1. The summed E-state index contributed by atoms with van der Waals surface area (Å²) >= 11 is 0. The smallest absolute Gasteiger partial charge is 0.119 e. The maximum absolute atomic E-state index is 5.28. The molecule has 0 saturated heterocycles. The van der Waals surface area contributed by atoms with Crippen LogP contribution in [0, 0.1) is 11.8 Å². The number of hydrogen-bond donors (Lipinski definition) is 1. The van der Waals surface area contributed by atoms with Crippen LogP contribution in [-0.2, 0) is 0 Å². The Balaban J connectivity index is 2.39. The predicted octanol–water partition coefficient (Wildman–Crippen LogP) is 4.40. The highest BCUT2D eigenvalue weighted by Gasteiger charge is 2.20. The van der Waals surface area contributed by atoms with E-state index in [2.05, 4.69) is 56.4 Å². The van der Waals surface area contributed by atoms with Crippen molar-refractivity contribution in [3.8, 4) is 5.75 Å². The lowest BCUT2D eigenvalue weighted by Gasteiger charge is -2.27. The van der Waals surface area contributed by atoms with Crippen molar-refractivity contribution in [3.63, 3.8) is 0 Å². The van der Waals surface area contributed by atoms with Gasteiger partial charge in [-0.3, -0.25) is 0 Å². The van der Waals surface area contributed by atoms with Crippen LogP contribution in [0.1, 0.15) is 32.4 Å². The Labute approximate surface area is 122 Å². The number of rotatable bonds is 5. The summed E-state index contributed by atoms with van der Waals surface area (Å²) in [5.74, 6) is 2.15. The highest BCUT2D eigenvalue weighted by Crippen LogP contribution is 2.30. The lowest BCUT2D eigenvalue weighted by Crippen LogP contribution is -2.26. The molecule has 1 N–H and O–H groups in total. The van der Waals surface area contributed by atoms with Crippen molar-refractivity contribution < 1.29 is 4.74 Å². The van der Waals surface area contributed by atoms with Gasteiger partial charge in [-0.1, -0.05) is 39.0 Å². The molecule has 0 fully saturated rings. The van der Waals surface area contributed by atoms with E-state index in [1.807, 2.05) is 13.1 Å². The monoisotopic (exact) mass is 271 g/mol. The third kappa shape index (κ3) is 2.96. The maximum atomic E-state index is 5.28. The average Bonchev–Trinajstić information content (AvgIpc) is 2.47. The van der Waals surface area contributed by atoms with Crippen LogP contribution < -0.4 is 10.1 Å². The van der Waals surface area contributed by atoms with Crippen molar-refractivity contribution in [2.24, 2.45) is 11.8 Å². The van der Waals surface area contributed by atoms with Crippen LogP contribution in [0.5, 0.6) is 5.75 Å². The summed E-state index contributed by atoms with van der Waals surface area (Å²) in [5, 5.41) is 5.95. The molecule has 2 rings (SSSR count). The molecular weight excluding hydrogens is 246 g/mol. The van der Waals surface area contributed by atoms with E-state index < -0.39 is 0 Å². The SMILES string of the molecule is CNC(c1ccc2cc(OC)ccc2c1)C(C)C(C)C. The first kappa shape index (κ1) is 14.9. The van der Waals surface area contributed by atoms with Crippen LogP contribution in [-0.4, -0.2) is 14.2 Å².